The van der Waals surface area contributed by atoms with Crippen molar-refractivity contribution >= 4 is 11.8 Å². The third-order valence-corrected chi connectivity index (χ3v) is 2.12. The highest BCUT2D eigenvalue weighted by atomic mass is 32.2. The van der Waals surface area contributed by atoms with E-state index < -0.39 is 0 Å². The average Bonchev–Trinajstić information content (AvgIpc) is 2.47. The van der Waals surface area contributed by atoms with E-state index in [-0.39, 0.29) is 0 Å². The standard InChI is InChI=1S/C8H9NOS/c1-2-7-3-10-4-8(7)5-11-6-9/h2,5,7H,1,3-4H2. The molecule has 0 aromatic rings. The summed E-state index contributed by atoms with van der Waals surface area (Å²) < 4.78 is 5.20. The van der Waals surface area contributed by atoms with Crippen molar-refractivity contribution < 1.29 is 4.74 Å². The summed E-state index contributed by atoms with van der Waals surface area (Å²) in [7, 11) is 0. The second kappa shape index (κ2) is 4.22. The Morgan fingerprint density at radius 1 is 1.82 bits per heavy atom. The van der Waals surface area contributed by atoms with Gasteiger partial charge in [-0.15, -0.1) is 6.58 Å². The molecule has 11 heavy (non-hydrogen) atoms. The Morgan fingerprint density at radius 2 is 2.64 bits per heavy atom. The van der Waals surface area contributed by atoms with Crippen LogP contribution in [0.3, 0.4) is 0 Å². The Morgan fingerprint density at radius 3 is 3.27 bits per heavy atom. The topological polar surface area (TPSA) is 33.0 Å². The van der Waals surface area contributed by atoms with Crippen molar-refractivity contribution in [2.24, 2.45) is 5.92 Å². The van der Waals surface area contributed by atoms with Crippen molar-refractivity contribution in [2.45, 2.75) is 0 Å². The van der Waals surface area contributed by atoms with Gasteiger partial charge in [0.05, 0.1) is 13.2 Å². The van der Waals surface area contributed by atoms with E-state index in [4.69, 9.17) is 10.00 Å². The number of nitriles is 1. The maximum Gasteiger partial charge on any atom is 0.137 e. The highest BCUT2D eigenvalue weighted by molar-refractivity contribution is 8.06. The summed E-state index contributed by atoms with van der Waals surface area (Å²) in [6, 6.07) is 0. The Labute approximate surface area is 70.5 Å². The van der Waals surface area contributed by atoms with Gasteiger partial charge in [0.2, 0.25) is 0 Å². The lowest BCUT2D eigenvalue weighted by molar-refractivity contribution is 0.195. The number of rotatable bonds is 2. The van der Waals surface area contributed by atoms with Gasteiger partial charge in [0, 0.05) is 5.92 Å². The second-order valence-electron chi connectivity index (χ2n) is 2.26. The van der Waals surface area contributed by atoms with E-state index in [9.17, 15) is 0 Å². The van der Waals surface area contributed by atoms with Crippen LogP contribution in [0, 0.1) is 16.6 Å². The first-order chi connectivity index (χ1) is 5.38. The molecule has 1 aliphatic rings. The van der Waals surface area contributed by atoms with Crippen LogP contribution in [0.2, 0.25) is 0 Å². The minimum absolute atomic E-state index is 0.316. The Bertz CT molecular complexity index is 217. The summed E-state index contributed by atoms with van der Waals surface area (Å²) in [5.41, 5.74) is 1.16. The molecule has 1 fully saturated rings. The quantitative estimate of drug-likeness (QED) is 0.465. The fourth-order valence-electron chi connectivity index (χ4n) is 0.961. The molecule has 0 saturated carbocycles. The molecule has 58 valence electrons. The molecule has 1 heterocycles. The third kappa shape index (κ3) is 2.11. The lowest BCUT2D eigenvalue weighted by Crippen LogP contribution is -1.95. The van der Waals surface area contributed by atoms with Gasteiger partial charge in [-0.1, -0.05) is 6.08 Å². The first-order valence-corrected chi connectivity index (χ1v) is 4.20. The van der Waals surface area contributed by atoms with Crippen LogP contribution in [-0.4, -0.2) is 13.2 Å². The SMILES string of the molecule is C=CC1COCC1=CSC#N. The number of nitrogens with zero attached hydrogens (tertiary/aromatic N) is 1. The predicted molar refractivity (Wildman–Crippen MR) is 45.8 cm³/mol. The van der Waals surface area contributed by atoms with Gasteiger partial charge in [-0.05, 0) is 22.7 Å². The molecule has 0 aromatic heterocycles. The number of hydrogen-bond donors (Lipinski definition) is 0. The monoisotopic (exact) mass is 167 g/mol. The molecule has 1 saturated heterocycles. The van der Waals surface area contributed by atoms with Crippen LogP contribution in [0.1, 0.15) is 0 Å². The smallest absolute Gasteiger partial charge is 0.137 e. The van der Waals surface area contributed by atoms with Crippen LogP contribution in [0.4, 0.5) is 0 Å². The Kier molecular flexibility index (Phi) is 3.21. The van der Waals surface area contributed by atoms with Crippen molar-refractivity contribution in [1.29, 1.82) is 5.26 Å². The zero-order valence-corrected chi connectivity index (χ0v) is 6.93. The van der Waals surface area contributed by atoms with Crippen molar-refractivity contribution in [3.05, 3.63) is 23.6 Å². The van der Waals surface area contributed by atoms with Crippen LogP contribution in [0.15, 0.2) is 23.6 Å². The van der Waals surface area contributed by atoms with Gasteiger partial charge in [-0.25, -0.2) is 0 Å². The summed E-state index contributed by atoms with van der Waals surface area (Å²) in [5.74, 6) is 0.316. The van der Waals surface area contributed by atoms with E-state index in [1.807, 2.05) is 16.9 Å². The summed E-state index contributed by atoms with van der Waals surface area (Å²) in [6.07, 6.45) is 1.86. The van der Waals surface area contributed by atoms with Gasteiger partial charge in [0.1, 0.15) is 5.40 Å². The second-order valence-corrected chi connectivity index (χ2v) is 2.91. The van der Waals surface area contributed by atoms with Crippen molar-refractivity contribution in [1.82, 2.24) is 0 Å². The average molecular weight is 167 g/mol. The first-order valence-electron chi connectivity index (χ1n) is 3.32. The minimum atomic E-state index is 0.316. The maximum absolute atomic E-state index is 8.29. The predicted octanol–water partition coefficient (Wildman–Crippen LogP) is 1.92. The molecule has 1 aliphatic heterocycles. The van der Waals surface area contributed by atoms with Crippen LogP contribution in [0.25, 0.3) is 0 Å². The molecule has 0 N–H and O–H groups in total. The molecule has 0 bridgehead atoms. The first kappa shape index (κ1) is 8.38. The molecule has 1 unspecified atom stereocenters. The zero-order chi connectivity index (χ0) is 8.10. The largest absolute Gasteiger partial charge is 0.376 e. The molecule has 0 radical (unpaired) electrons. The molecule has 1 rings (SSSR count). The highest BCUT2D eigenvalue weighted by Crippen LogP contribution is 2.22. The van der Waals surface area contributed by atoms with Crippen LogP contribution < -0.4 is 0 Å². The summed E-state index contributed by atoms with van der Waals surface area (Å²) in [5, 5.41) is 12.1. The number of thiocyanates is 1. The van der Waals surface area contributed by atoms with Crippen LogP contribution in [0.5, 0.6) is 0 Å². The number of hydrogen-bond acceptors (Lipinski definition) is 3. The maximum atomic E-state index is 8.29. The molecule has 2 nitrogen and oxygen atoms in total. The lowest BCUT2D eigenvalue weighted by Gasteiger charge is -1.99. The molecule has 3 heteroatoms. The minimum Gasteiger partial charge on any atom is -0.376 e. The van der Waals surface area contributed by atoms with E-state index in [2.05, 4.69) is 6.58 Å². The van der Waals surface area contributed by atoms with Gasteiger partial charge in [0.25, 0.3) is 0 Å². The fraction of sp³-hybridized carbons (Fsp3) is 0.375. The van der Waals surface area contributed by atoms with Gasteiger partial charge in [-0.2, -0.15) is 5.26 Å². The van der Waals surface area contributed by atoms with Crippen molar-refractivity contribution in [3.63, 3.8) is 0 Å². The fourth-order valence-corrected chi connectivity index (χ4v) is 1.41. The van der Waals surface area contributed by atoms with E-state index in [1.165, 1.54) is 0 Å². The van der Waals surface area contributed by atoms with E-state index in [0.29, 0.717) is 19.1 Å². The molecular formula is C8H9NOS. The Hall–Kier alpha value is -0.720. The molecule has 0 aromatic carbocycles. The van der Waals surface area contributed by atoms with Crippen LogP contribution >= 0.6 is 11.8 Å². The molecule has 0 aliphatic carbocycles. The van der Waals surface area contributed by atoms with Crippen molar-refractivity contribution in [2.75, 3.05) is 13.2 Å². The number of thioether (sulfide) groups is 1. The van der Waals surface area contributed by atoms with Crippen LogP contribution in [-0.2, 0) is 4.74 Å². The summed E-state index contributed by atoms with van der Waals surface area (Å²) in [4.78, 5) is 0. The third-order valence-electron chi connectivity index (χ3n) is 1.59. The summed E-state index contributed by atoms with van der Waals surface area (Å²) >= 11 is 1.14. The summed E-state index contributed by atoms with van der Waals surface area (Å²) in [6.45, 7) is 5.04. The molecular weight excluding hydrogens is 158 g/mol. The normalized spacial score (nSPS) is 26.8. The lowest BCUT2D eigenvalue weighted by atomic mass is 10.1. The van der Waals surface area contributed by atoms with E-state index in [1.54, 1.807) is 0 Å². The Balaban J connectivity index is 2.57. The number of ether oxygens (including phenoxy) is 1. The van der Waals surface area contributed by atoms with Gasteiger partial charge < -0.3 is 4.74 Å². The zero-order valence-electron chi connectivity index (χ0n) is 6.12. The van der Waals surface area contributed by atoms with Gasteiger partial charge >= 0.3 is 0 Å². The molecule has 0 spiro atoms. The van der Waals surface area contributed by atoms with Gasteiger partial charge in [0.15, 0.2) is 0 Å². The molecule has 1 atom stereocenters. The van der Waals surface area contributed by atoms with Crippen molar-refractivity contribution in [3.8, 4) is 5.40 Å². The van der Waals surface area contributed by atoms with Gasteiger partial charge in [-0.3, -0.25) is 0 Å². The molecule has 0 amide bonds. The van der Waals surface area contributed by atoms with E-state index >= 15 is 0 Å². The van der Waals surface area contributed by atoms with E-state index in [0.717, 1.165) is 17.3 Å². The highest BCUT2D eigenvalue weighted by Gasteiger charge is 2.17.